The number of ether oxygens (including phenoxy) is 2. The number of likely N-dealkylation sites (tertiary alicyclic amines) is 1. The van der Waals surface area contributed by atoms with Crippen LogP contribution in [0.4, 0.5) is 0 Å². The van der Waals surface area contributed by atoms with Crippen LogP contribution >= 0.6 is 0 Å². The summed E-state index contributed by atoms with van der Waals surface area (Å²) in [5.41, 5.74) is 0. The molecule has 1 N–H and O–H groups in total. The Kier molecular flexibility index (Phi) is 3.53. The summed E-state index contributed by atoms with van der Waals surface area (Å²) in [5, 5.41) is 2.78. The van der Waals surface area contributed by atoms with Crippen LogP contribution in [0.1, 0.15) is 25.7 Å². The van der Waals surface area contributed by atoms with Crippen molar-refractivity contribution in [2.24, 2.45) is 11.8 Å². The molecule has 2 aliphatic heterocycles. The van der Waals surface area contributed by atoms with Crippen LogP contribution in [-0.2, 0) is 14.3 Å². The average Bonchev–Trinajstić information content (AvgIpc) is 2.85. The van der Waals surface area contributed by atoms with Crippen LogP contribution in [0.5, 0.6) is 0 Å². The molecule has 0 aromatic carbocycles. The first-order valence-corrected chi connectivity index (χ1v) is 7.33. The van der Waals surface area contributed by atoms with Crippen LogP contribution in [-0.4, -0.2) is 56.5 Å². The predicted molar refractivity (Wildman–Crippen MR) is 70.6 cm³/mol. The van der Waals surface area contributed by atoms with Crippen LogP contribution in [0.25, 0.3) is 0 Å². The fourth-order valence-electron chi connectivity index (χ4n) is 4.14. The SMILES string of the molecule is CNC(=O)[C@@H]1C[C@@H]2CC3(CC[C@H]2N(C)C1)OCCO3. The summed E-state index contributed by atoms with van der Waals surface area (Å²) in [6, 6.07) is 0.583. The van der Waals surface area contributed by atoms with Crippen molar-refractivity contribution in [3.8, 4) is 0 Å². The zero-order valence-electron chi connectivity index (χ0n) is 11.9. The van der Waals surface area contributed by atoms with Gasteiger partial charge in [0, 0.05) is 32.5 Å². The second-order valence-electron chi connectivity index (χ2n) is 6.16. The van der Waals surface area contributed by atoms with E-state index in [0.717, 1.165) is 32.2 Å². The number of fused-ring (bicyclic) bond motifs is 1. The minimum Gasteiger partial charge on any atom is -0.359 e. The number of rotatable bonds is 1. The highest BCUT2D eigenvalue weighted by Crippen LogP contribution is 2.44. The third kappa shape index (κ3) is 2.39. The number of hydrogen-bond acceptors (Lipinski definition) is 4. The molecule has 2 saturated heterocycles. The number of amides is 1. The number of nitrogens with one attached hydrogen (secondary N) is 1. The van der Waals surface area contributed by atoms with Gasteiger partial charge < -0.3 is 19.7 Å². The highest BCUT2D eigenvalue weighted by atomic mass is 16.7. The molecule has 1 saturated carbocycles. The molecule has 3 aliphatic rings. The standard InChI is InChI=1S/C14H24N2O3/c1-15-13(17)11-7-10-8-14(18-5-6-19-14)4-3-12(10)16(2)9-11/h10-12H,3-9H2,1-2H3,(H,15,17)/t10-,11-,12-/m1/s1. The van der Waals surface area contributed by atoms with Gasteiger partial charge in [-0.05, 0) is 25.8 Å². The van der Waals surface area contributed by atoms with Gasteiger partial charge in [0.25, 0.3) is 0 Å². The van der Waals surface area contributed by atoms with Crippen molar-refractivity contribution in [3.63, 3.8) is 0 Å². The van der Waals surface area contributed by atoms with Crippen LogP contribution in [0.15, 0.2) is 0 Å². The number of nitrogens with zero attached hydrogens (tertiary/aromatic N) is 1. The molecule has 0 aromatic heterocycles. The van der Waals surface area contributed by atoms with Crippen molar-refractivity contribution in [1.82, 2.24) is 10.2 Å². The maximum absolute atomic E-state index is 11.9. The van der Waals surface area contributed by atoms with Crippen LogP contribution < -0.4 is 5.32 Å². The van der Waals surface area contributed by atoms with Crippen LogP contribution in [0.3, 0.4) is 0 Å². The van der Waals surface area contributed by atoms with Crippen molar-refractivity contribution in [2.45, 2.75) is 37.5 Å². The van der Waals surface area contributed by atoms with E-state index in [9.17, 15) is 4.79 Å². The number of carbonyl (C=O) groups is 1. The fourth-order valence-corrected chi connectivity index (χ4v) is 4.14. The summed E-state index contributed by atoms with van der Waals surface area (Å²) in [6.45, 7) is 2.30. The molecule has 3 atom stereocenters. The van der Waals surface area contributed by atoms with E-state index in [1.807, 2.05) is 0 Å². The van der Waals surface area contributed by atoms with E-state index in [4.69, 9.17) is 9.47 Å². The molecule has 5 heteroatoms. The number of carbonyl (C=O) groups excluding carboxylic acids is 1. The Morgan fingerprint density at radius 2 is 2.11 bits per heavy atom. The van der Waals surface area contributed by atoms with Gasteiger partial charge in [-0.2, -0.15) is 0 Å². The lowest BCUT2D eigenvalue weighted by Gasteiger charge is -2.49. The first-order chi connectivity index (χ1) is 9.13. The van der Waals surface area contributed by atoms with Crippen molar-refractivity contribution < 1.29 is 14.3 Å². The minimum absolute atomic E-state index is 0.104. The third-order valence-electron chi connectivity index (χ3n) is 5.03. The number of piperidine rings is 1. The lowest BCUT2D eigenvalue weighted by molar-refractivity contribution is -0.202. The summed E-state index contributed by atoms with van der Waals surface area (Å²) >= 11 is 0. The second-order valence-corrected chi connectivity index (χ2v) is 6.16. The van der Waals surface area contributed by atoms with Gasteiger partial charge in [-0.1, -0.05) is 0 Å². The van der Waals surface area contributed by atoms with Gasteiger partial charge in [0.1, 0.15) is 0 Å². The minimum atomic E-state index is -0.341. The Bertz CT molecular complexity index is 355. The third-order valence-corrected chi connectivity index (χ3v) is 5.03. The Labute approximate surface area is 114 Å². The van der Waals surface area contributed by atoms with Gasteiger partial charge in [-0.25, -0.2) is 0 Å². The summed E-state index contributed by atoms with van der Waals surface area (Å²) < 4.78 is 11.7. The Hall–Kier alpha value is -0.650. The van der Waals surface area contributed by atoms with Crippen molar-refractivity contribution in [2.75, 3.05) is 33.9 Å². The summed E-state index contributed by atoms with van der Waals surface area (Å²) in [7, 11) is 3.86. The highest BCUT2D eigenvalue weighted by Gasteiger charge is 2.48. The average molecular weight is 268 g/mol. The summed E-state index contributed by atoms with van der Waals surface area (Å²) in [5.74, 6) is 0.436. The molecule has 0 bridgehead atoms. The highest BCUT2D eigenvalue weighted by molar-refractivity contribution is 5.78. The van der Waals surface area contributed by atoms with E-state index in [-0.39, 0.29) is 17.6 Å². The molecule has 1 amide bonds. The molecule has 108 valence electrons. The normalized spacial score (nSPS) is 38.1. The van der Waals surface area contributed by atoms with E-state index in [1.54, 1.807) is 7.05 Å². The van der Waals surface area contributed by atoms with Gasteiger partial charge in [0.15, 0.2) is 5.79 Å². The molecular weight excluding hydrogens is 244 g/mol. The molecule has 3 rings (SSSR count). The quantitative estimate of drug-likeness (QED) is 0.756. The fraction of sp³-hybridized carbons (Fsp3) is 0.929. The molecule has 5 nitrogen and oxygen atoms in total. The molecule has 19 heavy (non-hydrogen) atoms. The van der Waals surface area contributed by atoms with Crippen molar-refractivity contribution in [1.29, 1.82) is 0 Å². The molecule has 3 fully saturated rings. The Morgan fingerprint density at radius 3 is 2.79 bits per heavy atom. The van der Waals surface area contributed by atoms with Gasteiger partial charge in [0.2, 0.25) is 5.91 Å². The topological polar surface area (TPSA) is 50.8 Å². The molecule has 2 heterocycles. The zero-order chi connectivity index (χ0) is 13.5. The molecule has 1 spiro atoms. The Balaban J connectivity index is 1.71. The van der Waals surface area contributed by atoms with Gasteiger partial charge in [0.05, 0.1) is 19.1 Å². The number of hydrogen-bond donors (Lipinski definition) is 1. The second kappa shape index (κ2) is 5.04. The first-order valence-electron chi connectivity index (χ1n) is 7.33. The maximum Gasteiger partial charge on any atom is 0.224 e. The smallest absolute Gasteiger partial charge is 0.224 e. The molecule has 0 aromatic rings. The van der Waals surface area contributed by atoms with Crippen molar-refractivity contribution in [3.05, 3.63) is 0 Å². The van der Waals surface area contributed by atoms with Gasteiger partial charge in [-0.15, -0.1) is 0 Å². The van der Waals surface area contributed by atoms with Crippen LogP contribution in [0, 0.1) is 11.8 Å². The van der Waals surface area contributed by atoms with E-state index < -0.39 is 0 Å². The molecule has 0 unspecified atom stereocenters. The lowest BCUT2D eigenvalue weighted by atomic mass is 9.72. The maximum atomic E-state index is 11.9. The van der Waals surface area contributed by atoms with E-state index in [1.165, 1.54) is 0 Å². The van der Waals surface area contributed by atoms with E-state index in [0.29, 0.717) is 25.2 Å². The molecular formula is C14H24N2O3. The monoisotopic (exact) mass is 268 g/mol. The molecule has 0 radical (unpaired) electrons. The molecule has 1 aliphatic carbocycles. The predicted octanol–water partition coefficient (Wildman–Crippen LogP) is 0.596. The van der Waals surface area contributed by atoms with Crippen molar-refractivity contribution >= 4 is 5.91 Å². The first kappa shape index (κ1) is 13.3. The van der Waals surface area contributed by atoms with Crippen LogP contribution in [0.2, 0.25) is 0 Å². The van der Waals surface area contributed by atoms with Gasteiger partial charge in [-0.3, -0.25) is 4.79 Å². The zero-order valence-corrected chi connectivity index (χ0v) is 11.9. The van der Waals surface area contributed by atoms with E-state index >= 15 is 0 Å². The van der Waals surface area contributed by atoms with Gasteiger partial charge >= 0.3 is 0 Å². The Morgan fingerprint density at radius 1 is 1.37 bits per heavy atom. The largest absolute Gasteiger partial charge is 0.359 e. The summed E-state index contributed by atoms with van der Waals surface area (Å²) in [4.78, 5) is 14.3. The lowest BCUT2D eigenvalue weighted by Crippen LogP contribution is -2.55. The summed E-state index contributed by atoms with van der Waals surface area (Å²) in [6.07, 6.45) is 4.00. The van der Waals surface area contributed by atoms with E-state index in [2.05, 4.69) is 17.3 Å².